The van der Waals surface area contributed by atoms with E-state index in [1.165, 1.54) is 0 Å². The Kier molecular flexibility index (Phi) is 4.45. The van der Waals surface area contributed by atoms with Crippen molar-refractivity contribution in [2.75, 3.05) is 11.9 Å². The predicted octanol–water partition coefficient (Wildman–Crippen LogP) is 1.48. The van der Waals surface area contributed by atoms with Crippen LogP contribution in [-0.2, 0) is 4.79 Å². The first kappa shape index (κ1) is 16.0. The van der Waals surface area contributed by atoms with E-state index in [-0.39, 0.29) is 0 Å². The summed E-state index contributed by atoms with van der Waals surface area (Å²) in [6, 6.07) is 7.04. The number of carbonyl (C=O) groups excluding carboxylic acids is 1. The number of nitrogens with two attached hydrogens (primary N) is 1. The predicted molar refractivity (Wildman–Crippen MR) is 88.2 cm³/mol. The summed E-state index contributed by atoms with van der Waals surface area (Å²) in [6.07, 6.45) is 1.98. The second-order valence-corrected chi connectivity index (χ2v) is 5.66. The van der Waals surface area contributed by atoms with Gasteiger partial charge in [-0.25, -0.2) is 4.68 Å². The summed E-state index contributed by atoms with van der Waals surface area (Å²) in [5.41, 5.74) is 6.89. The van der Waals surface area contributed by atoms with Crippen LogP contribution >= 0.6 is 0 Å². The molecule has 126 valence electrons. The number of amides is 1. The number of para-hydroxylation sites is 1. The topological polar surface area (TPSA) is 108 Å². The van der Waals surface area contributed by atoms with Gasteiger partial charge in [-0.3, -0.25) is 4.79 Å². The van der Waals surface area contributed by atoms with E-state index in [4.69, 9.17) is 10.5 Å². The quantitative estimate of drug-likeness (QED) is 0.778. The normalized spacial score (nSPS) is 19.5. The van der Waals surface area contributed by atoms with Crippen LogP contribution in [0.1, 0.15) is 31.4 Å². The molecule has 1 aliphatic rings. The third-order valence-electron chi connectivity index (χ3n) is 4.02. The van der Waals surface area contributed by atoms with Crippen LogP contribution in [-0.4, -0.2) is 32.7 Å². The number of benzene rings is 1. The number of fused-ring (bicyclic) bond motifs is 1. The number of tetrazole rings is 1. The van der Waals surface area contributed by atoms with Crippen molar-refractivity contribution >= 4 is 11.9 Å². The summed E-state index contributed by atoms with van der Waals surface area (Å²) in [4.78, 5) is 12.1. The number of nitrogens with zero attached hydrogens (tertiary/aromatic N) is 4. The molecule has 0 unspecified atom stereocenters. The summed E-state index contributed by atoms with van der Waals surface area (Å²) in [6.45, 7) is 6.61. The molecule has 2 heterocycles. The molecule has 8 heteroatoms. The first-order chi connectivity index (χ1) is 11.6. The molecule has 3 rings (SSSR count). The third-order valence-corrected chi connectivity index (χ3v) is 4.02. The molecule has 0 fully saturated rings. The van der Waals surface area contributed by atoms with E-state index in [1.54, 1.807) is 4.68 Å². The van der Waals surface area contributed by atoms with Gasteiger partial charge in [0.05, 0.1) is 6.61 Å². The highest BCUT2D eigenvalue weighted by Crippen LogP contribution is 2.40. The Bertz CT molecular complexity index is 757. The molecule has 0 bridgehead atoms. The molecular formula is C16H20N6O2. The van der Waals surface area contributed by atoms with Gasteiger partial charge in [0.2, 0.25) is 11.9 Å². The van der Waals surface area contributed by atoms with Crippen LogP contribution in [0.5, 0.6) is 5.75 Å². The minimum Gasteiger partial charge on any atom is -0.493 e. The number of aromatic nitrogens is 4. The van der Waals surface area contributed by atoms with Crippen LogP contribution in [0.2, 0.25) is 0 Å². The first-order valence-corrected chi connectivity index (χ1v) is 7.88. The van der Waals surface area contributed by atoms with Crippen molar-refractivity contribution in [3.05, 3.63) is 42.1 Å². The summed E-state index contributed by atoms with van der Waals surface area (Å²) < 4.78 is 7.45. The number of rotatable bonds is 6. The molecule has 0 spiro atoms. The number of hydrogen-bond donors (Lipinski definition) is 2. The lowest BCUT2D eigenvalue weighted by atomic mass is 9.88. The zero-order chi connectivity index (χ0) is 17.1. The Morgan fingerprint density at radius 1 is 1.46 bits per heavy atom. The fraction of sp³-hybridized carbons (Fsp3) is 0.375. The van der Waals surface area contributed by atoms with E-state index in [0.29, 0.717) is 24.0 Å². The molecule has 0 aliphatic carbocycles. The van der Waals surface area contributed by atoms with Gasteiger partial charge in [0.1, 0.15) is 17.7 Å². The van der Waals surface area contributed by atoms with Gasteiger partial charge in [-0.15, -0.1) is 0 Å². The maximum absolute atomic E-state index is 12.1. The molecule has 0 saturated carbocycles. The van der Waals surface area contributed by atoms with Crippen LogP contribution in [0.3, 0.4) is 0 Å². The summed E-state index contributed by atoms with van der Waals surface area (Å²) >= 11 is 0. The zero-order valence-electron chi connectivity index (χ0n) is 13.5. The number of nitrogens with one attached hydrogen (secondary N) is 1. The van der Waals surface area contributed by atoms with Crippen LogP contribution < -0.4 is 15.8 Å². The molecule has 1 amide bonds. The van der Waals surface area contributed by atoms with Crippen molar-refractivity contribution in [1.29, 1.82) is 0 Å². The standard InChI is InChI=1S/C16H20N6O2/c1-3-4-9-24-12-8-6-5-7-11(12)14-13(15(17)23)10(2)18-16-19-20-21-22(14)16/h5-8,13-14H,2-4,9H2,1H3,(H2,17,23)(H,18,19,21)/t13-,14+/m1/s1. The van der Waals surface area contributed by atoms with Gasteiger partial charge >= 0.3 is 0 Å². The Labute approximate surface area is 139 Å². The van der Waals surface area contributed by atoms with E-state index in [9.17, 15) is 4.79 Å². The fourth-order valence-corrected chi connectivity index (χ4v) is 2.84. The first-order valence-electron chi connectivity index (χ1n) is 7.88. The number of carbonyl (C=O) groups is 1. The van der Waals surface area contributed by atoms with Crippen LogP contribution in [0.15, 0.2) is 36.5 Å². The number of unbranched alkanes of at least 4 members (excludes halogenated alkanes) is 1. The molecule has 1 aromatic carbocycles. The van der Waals surface area contributed by atoms with Gasteiger partial charge in [-0.05, 0) is 22.9 Å². The summed E-state index contributed by atoms with van der Waals surface area (Å²) in [5.74, 6) is -0.0665. The molecule has 1 aromatic heterocycles. The smallest absolute Gasteiger partial charge is 0.247 e. The van der Waals surface area contributed by atoms with E-state index in [0.717, 1.165) is 18.4 Å². The Morgan fingerprint density at radius 2 is 2.25 bits per heavy atom. The number of hydrogen-bond acceptors (Lipinski definition) is 6. The highest BCUT2D eigenvalue weighted by atomic mass is 16.5. The van der Waals surface area contributed by atoms with Crippen molar-refractivity contribution in [2.24, 2.45) is 11.7 Å². The lowest BCUT2D eigenvalue weighted by Gasteiger charge is -2.32. The van der Waals surface area contributed by atoms with E-state index < -0.39 is 17.9 Å². The van der Waals surface area contributed by atoms with Crippen molar-refractivity contribution in [3.8, 4) is 5.75 Å². The van der Waals surface area contributed by atoms with Gasteiger partial charge in [0.15, 0.2) is 0 Å². The molecule has 8 nitrogen and oxygen atoms in total. The van der Waals surface area contributed by atoms with E-state index >= 15 is 0 Å². The summed E-state index contributed by atoms with van der Waals surface area (Å²) in [7, 11) is 0. The average Bonchev–Trinajstić information content (AvgIpc) is 3.02. The monoisotopic (exact) mass is 328 g/mol. The third kappa shape index (κ3) is 2.82. The maximum Gasteiger partial charge on any atom is 0.247 e. The largest absolute Gasteiger partial charge is 0.493 e. The second-order valence-electron chi connectivity index (χ2n) is 5.66. The maximum atomic E-state index is 12.1. The molecule has 0 radical (unpaired) electrons. The number of ether oxygens (including phenoxy) is 1. The molecule has 24 heavy (non-hydrogen) atoms. The molecule has 1 aliphatic heterocycles. The fourth-order valence-electron chi connectivity index (χ4n) is 2.84. The number of anilines is 1. The Balaban J connectivity index is 2.06. The van der Waals surface area contributed by atoms with E-state index in [1.807, 2.05) is 24.3 Å². The van der Waals surface area contributed by atoms with Gasteiger partial charge in [-0.1, -0.05) is 43.2 Å². The van der Waals surface area contributed by atoms with Crippen molar-refractivity contribution in [3.63, 3.8) is 0 Å². The van der Waals surface area contributed by atoms with Gasteiger partial charge in [0.25, 0.3) is 0 Å². The van der Waals surface area contributed by atoms with Crippen LogP contribution in [0.4, 0.5) is 5.95 Å². The minimum absolute atomic E-state index is 0.422. The average molecular weight is 328 g/mol. The molecular weight excluding hydrogens is 308 g/mol. The minimum atomic E-state index is -0.683. The Morgan fingerprint density at radius 3 is 3.00 bits per heavy atom. The van der Waals surface area contributed by atoms with E-state index in [2.05, 4.69) is 34.3 Å². The molecule has 0 saturated heterocycles. The highest BCUT2D eigenvalue weighted by Gasteiger charge is 2.40. The second kappa shape index (κ2) is 6.69. The van der Waals surface area contributed by atoms with Gasteiger partial charge < -0.3 is 15.8 Å². The zero-order valence-corrected chi connectivity index (χ0v) is 13.5. The molecule has 2 atom stereocenters. The number of primary amides is 1. The van der Waals surface area contributed by atoms with Crippen molar-refractivity contribution < 1.29 is 9.53 Å². The lowest BCUT2D eigenvalue weighted by molar-refractivity contribution is -0.121. The van der Waals surface area contributed by atoms with Gasteiger partial charge in [-0.2, -0.15) is 0 Å². The summed E-state index contributed by atoms with van der Waals surface area (Å²) in [5, 5.41) is 14.5. The van der Waals surface area contributed by atoms with Crippen LogP contribution in [0, 0.1) is 5.92 Å². The molecule has 3 N–H and O–H groups in total. The lowest BCUT2D eigenvalue weighted by Crippen LogP contribution is -2.40. The van der Waals surface area contributed by atoms with Gasteiger partial charge in [0, 0.05) is 11.3 Å². The van der Waals surface area contributed by atoms with Crippen molar-refractivity contribution in [2.45, 2.75) is 25.8 Å². The molecule has 2 aromatic rings. The SMILES string of the molecule is C=C1Nc2nnnn2[C@@H](c2ccccc2OCCCC)[C@@H]1C(N)=O. The highest BCUT2D eigenvalue weighted by molar-refractivity contribution is 5.82. The van der Waals surface area contributed by atoms with Crippen molar-refractivity contribution in [1.82, 2.24) is 20.2 Å². The van der Waals surface area contributed by atoms with Crippen LogP contribution in [0.25, 0.3) is 0 Å². The Hall–Kier alpha value is -2.90.